The van der Waals surface area contributed by atoms with Crippen LogP contribution in [0.2, 0.25) is 0 Å². The van der Waals surface area contributed by atoms with Gasteiger partial charge in [0.05, 0.1) is 26.8 Å². The van der Waals surface area contributed by atoms with E-state index in [-0.39, 0.29) is 27.7 Å². The molecule has 8 heteroatoms. The number of hydrogen-bond donors (Lipinski definition) is 1. The molecule has 1 N–H and O–H groups in total. The minimum absolute atomic E-state index is 0.0543. The molecule has 0 unspecified atom stereocenters. The summed E-state index contributed by atoms with van der Waals surface area (Å²) < 4.78 is 25.5. The van der Waals surface area contributed by atoms with Crippen molar-refractivity contribution in [1.82, 2.24) is 0 Å². The number of carbonyl (C=O) groups is 3. The molecule has 0 spiro atoms. The van der Waals surface area contributed by atoms with E-state index in [1.54, 1.807) is 11.4 Å². The number of anilines is 1. The smallest absolute Gasteiger partial charge is 0.237 e. The Bertz CT molecular complexity index is 1050. The largest absolute Gasteiger partial charge is 0.325 e. The number of ketones is 2. The first kappa shape index (κ1) is 18.5. The SMILES string of the molecule is CC(=O)C(C)(C)C(=O)Nc1cccc2c1C(=O)c1sccc1CS2(=O)=O. The van der Waals surface area contributed by atoms with Crippen molar-refractivity contribution in [1.29, 1.82) is 0 Å². The lowest BCUT2D eigenvalue weighted by molar-refractivity contribution is -0.135. The van der Waals surface area contributed by atoms with E-state index in [1.807, 2.05) is 0 Å². The highest BCUT2D eigenvalue weighted by Crippen LogP contribution is 2.36. The Morgan fingerprint density at radius 2 is 1.88 bits per heavy atom. The normalized spacial score (nSPS) is 15.6. The van der Waals surface area contributed by atoms with Gasteiger partial charge in [-0.1, -0.05) is 6.07 Å². The van der Waals surface area contributed by atoms with Crippen LogP contribution in [0.4, 0.5) is 5.69 Å². The molecule has 1 aromatic heterocycles. The van der Waals surface area contributed by atoms with Gasteiger partial charge in [-0.15, -0.1) is 11.3 Å². The molecule has 136 valence electrons. The Morgan fingerprint density at radius 1 is 1.19 bits per heavy atom. The molecule has 1 amide bonds. The van der Waals surface area contributed by atoms with Gasteiger partial charge in [0.25, 0.3) is 0 Å². The molecule has 0 saturated heterocycles. The summed E-state index contributed by atoms with van der Waals surface area (Å²) in [6.45, 7) is 4.25. The summed E-state index contributed by atoms with van der Waals surface area (Å²) in [7, 11) is -3.74. The van der Waals surface area contributed by atoms with Crippen molar-refractivity contribution in [3.05, 3.63) is 45.6 Å². The zero-order chi connectivity index (χ0) is 19.3. The molecule has 26 heavy (non-hydrogen) atoms. The van der Waals surface area contributed by atoms with Crippen molar-refractivity contribution < 1.29 is 22.8 Å². The van der Waals surface area contributed by atoms with Crippen molar-refractivity contribution in [2.75, 3.05) is 5.32 Å². The molecule has 0 saturated carbocycles. The molecule has 0 radical (unpaired) electrons. The Labute approximate surface area is 155 Å². The third kappa shape index (κ3) is 2.89. The molecule has 1 aliphatic heterocycles. The van der Waals surface area contributed by atoms with Gasteiger partial charge in [-0.2, -0.15) is 0 Å². The number of carbonyl (C=O) groups excluding carboxylic acids is 3. The Balaban J connectivity index is 2.17. The van der Waals surface area contributed by atoms with E-state index in [2.05, 4.69) is 5.32 Å². The molecule has 6 nitrogen and oxygen atoms in total. The number of amides is 1. The quantitative estimate of drug-likeness (QED) is 0.812. The van der Waals surface area contributed by atoms with Crippen LogP contribution in [0, 0.1) is 5.41 Å². The summed E-state index contributed by atoms with van der Waals surface area (Å²) in [6, 6.07) is 5.93. The zero-order valence-corrected chi connectivity index (χ0v) is 16.1. The van der Waals surface area contributed by atoms with E-state index < -0.39 is 26.9 Å². The van der Waals surface area contributed by atoms with Gasteiger partial charge in [0, 0.05) is 0 Å². The van der Waals surface area contributed by atoms with E-state index >= 15 is 0 Å². The molecule has 0 aliphatic carbocycles. The van der Waals surface area contributed by atoms with Crippen LogP contribution in [0.1, 0.15) is 41.6 Å². The van der Waals surface area contributed by atoms with Crippen molar-refractivity contribution in [2.45, 2.75) is 31.4 Å². The highest BCUT2D eigenvalue weighted by atomic mass is 32.2. The van der Waals surface area contributed by atoms with Gasteiger partial charge >= 0.3 is 0 Å². The van der Waals surface area contributed by atoms with Crippen LogP contribution >= 0.6 is 11.3 Å². The van der Waals surface area contributed by atoms with Crippen molar-refractivity contribution in [2.24, 2.45) is 5.41 Å². The third-order valence-corrected chi connectivity index (χ3v) is 7.24. The number of hydrogen-bond acceptors (Lipinski definition) is 6. The average molecular weight is 391 g/mol. The van der Waals surface area contributed by atoms with Crippen LogP contribution in [-0.2, 0) is 25.2 Å². The fraction of sp³-hybridized carbons (Fsp3) is 0.278. The summed E-state index contributed by atoms with van der Waals surface area (Å²) in [5.74, 6) is -1.64. The number of Topliss-reactive ketones (excluding diaryl/α,β-unsaturated/α-hetero) is 1. The van der Waals surface area contributed by atoms with Crippen LogP contribution in [0.3, 0.4) is 0 Å². The van der Waals surface area contributed by atoms with Gasteiger partial charge in [0.2, 0.25) is 11.7 Å². The molecule has 0 fully saturated rings. The number of benzene rings is 1. The summed E-state index contributed by atoms with van der Waals surface area (Å²) in [5, 5.41) is 4.24. The van der Waals surface area contributed by atoms with Gasteiger partial charge < -0.3 is 5.32 Å². The number of thiophene rings is 1. The molecule has 2 aromatic rings. The predicted molar refractivity (Wildman–Crippen MR) is 98.2 cm³/mol. The van der Waals surface area contributed by atoms with E-state index in [9.17, 15) is 22.8 Å². The maximum absolute atomic E-state index is 13.0. The van der Waals surface area contributed by atoms with Crippen molar-refractivity contribution in [3.8, 4) is 0 Å². The molecule has 2 heterocycles. The number of sulfone groups is 1. The molecule has 1 aromatic carbocycles. The summed E-state index contributed by atoms with van der Waals surface area (Å²) in [5.41, 5.74) is -0.806. The van der Waals surface area contributed by atoms with Gasteiger partial charge in [-0.05, 0) is 49.9 Å². The molecular weight excluding hydrogens is 374 g/mol. The Morgan fingerprint density at radius 3 is 2.54 bits per heavy atom. The van der Waals surface area contributed by atoms with E-state index in [0.717, 1.165) is 0 Å². The van der Waals surface area contributed by atoms with E-state index in [1.165, 1.54) is 50.3 Å². The Kier molecular flexibility index (Phi) is 4.36. The van der Waals surface area contributed by atoms with Gasteiger partial charge in [-0.3, -0.25) is 14.4 Å². The topological polar surface area (TPSA) is 97.4 Å². The second-order valence-corrected chi connectivity index (χ2v) is 9.55. The minimum atomic E-state index is -3.74. The second-order valence-electron chi connectivity index (χ2n) is 6.68. The Hall–Kier alpha value is -2.32. The lowest BCUT2D eigenvalue weighted by atomic mass is 9.87. The molecule has 1 aliphatic rings. The highest BCUT2D eigenvalue weighted by molar-refractivity contribution is 7.90. The van der Waals surface area contributed by atoms with Gasteiger partial charge in [0.15, 0.2) is 9.84 Å². The van der Waals surface area contributed by atoms with Crippen LogP contribution in [-0.4, -0.2) is 25.9 Å². The number of rotatable bonds is 3. The summed E-state index contributed by atoms with van der Waals surface area (Å²) in [4.78, 5) is 37.5. The highest BCUT2D eigenvalue weighted by Gasteiger charge is 2.36. The van der Waals surface area contributed by atoms with Gasteiger partial charge in [-0.25, -0.2) is 8.42 Å². The standard InChI is InChI=1S/C18H17NO5S2/c1-10(20)18(2,3)17(22)19-12-5-4-6-13-14(12)15(21)16-11(7-8-25-16)9-26(13,23)24/h4-8H,9H2,1-3H3,(H,19,22). The zero-order valence-electron chi connectivity index (χ0n) is 14.5. The fourth-order valence-corrected chi connectivity index (χ4v) is 5.18. The second kappa shape index (κ2) is 6.14. The molecule has 0 bridgehead atoms. The van der Waals surface area contributed by atoms with E-state index in [4.69, 9.17) is 0 Å². The van der Waals surface area contributed by atoms with Crippen LogP contribution in [0.25, 0.3) is 0 Å². The average Bonchev–Trinajstić information content (AvgIpc) is 2.98. The van der Waals surface area contributed by atoms with E-state index in [0.29, 0.717) is 10.4 Å². The molecule has 0 atom stereocenters. The van der Waals surface area contributed by atoms with Crippen molar-refractivity contribution >= 4 is 44.3 Å². The first-order valence-corrected chi connectivity index (χ1v) is 10.4. The lowest BCUT2D eigenvalue weighted by Crippen LogP contribution is -2.37. The number of fused-ring (bicyclic) bond motifs is 2. The van der Waals surface area contributed by atoms with Crippen LogP contribution < -0.4 is 5.32 Å². The molecular formula is C18H17NO5S2. The summed E-state index contributed by atoms with van der Waals surface area (Å²) >= 11 is 1.17. The predicted octanol–water partition coefficient (Wildman–Crippen LogP) is 2.82. The minimum Gasteiger partial charge on any atom is -0.325 e. The van der Waals surface area contributed by atoms with Crippen LogP contribution in [0.5, 0.6) is 0 Å². The third-order valence-electron chi connectivity index (χ3n) is 4.58. The number of nitrogens with one attached hydrogen (secondary N) is 1. The maximum atomic E-state index is 13.0. The first-order chi connectivity index (χ1) is 12.1. The lowest BCUT2D eigenvalue weighted by Gasteiger charge is -2.21. The maximum Gasteiger partial charge on any atom is 0.237 e. The van der Waals surface area contributed by atoms with Crippen molar-refractivity contribution in [3.63, 3.8) is 0 Å². The van der Waals surface area contributed by atoms with Crippen LogP contribution in [0.15, 0.2) is 34.5 Å². The fourth-order valence-electron chi connectivity index (χ4n) is 2.61. The van der Waals surface area contributed by atoms with Gasteiger partial charge in [0.1, 0.15) is 11.2 Å². The molecule has 3 rings (SSSR count). The first-order valence-electron chi connectivity index (χ1n) is 7.85. The monoisotopic (exact) mass is 391 g/mol. The summed E-state index contributed by atoms with van der Waals surface area (Å²) in [6.07, 6.45) is 0.